The Bertz CT molecular complexity index is 1320. The van der Waals surface area contributed by atoms with Crippen LogP contribution in [0.1, 0.15) is 61.3 Å². The van der Waals surface area contributed by atoms with Crippen LogP contribution < -0.4 is 16.0 Å². The van der Waals surface area contributed by atoms with Crippen molar-refractivity contribution in [2.75, 3.05) is 23.1 Å². The predicted molar refractivity (Wildman–Crippen MR) is 142 cm³/mol. The van der Waals surface area contributed by atoms with Crippen LogP contribution in [0.5, 0.6) is 0 Å². The number of nitrogens with one attached hydrogen (secondary N) is 3. The molecule has 0 spiro atoms. The Morgan fingerprint density at radius 2 is 1.64 bits per heavy atom. The summed E-state index contributed by atoms with van der Waals surface area (Å²) in [4.78, 5) is 50.8. The maximum absolute atomic E-state index is 13.1. The van der Waals surface area contributed by atoms with Crippen LogP contribution in [0.4, 0.5) is 16.4 Å². The zero-order valence-corrected chi connectivity index (χ0v) is 21.9. The van der Waals surface area contributed by atoms with Crippen LogP contribution in [-0.4, -0.2) is 30.8 Å². The first-order chi connectivity index (χ1) is 17.1. The standard InChI is InChI=1S/C26H26ClN3O5S/c1-5-6-20(31)29-19-13-16(9-12-18(19)27)23(32)30-25-21(26(34)35-4)15(3)22(36-25)24(33)28-17-10-7-14(2)8-11-17/h7-13H,5-6H2,1-4H3,(H,28,33)(H,29,31)(H,30,32). The second-order valence-electron chi connectivity index (χ2n) is 8.02. The average Bonchev–Trinajstić information content (AvgIpc) is 3.17. The third-order valence-electron chi connectivity index (χ3n) is 5.26. The van der Waals surface area contributed by atoms with Crippen molar-refractivity contribution in [2.24, 2.45) is 0 Å². The molecular weight excluding hydrogens is 502 g/mol. The highest BCUT2D eigenvalue weighted by Gasteiger charge is 2.27. The van der Waals surface area contributed by atoms with E-state index >= 15 is 0 Å². The summed E-state index contributed by atoms with van der Waals surface area (Å²) in [6.45, 7) is 5.43. The number of hydrogen-bond donors (Lipinski definition) is 3. The SMILES string of the molecule is CCCC(=O)Nc1cc(C(=O)Nc2sc(C(=O)Nc3ccc(C)cc3)c(C)c2C(=O)OC)ccc1Cl. The van der Waals surface area contributed by atoms with Crippen molar-refractivity contribution in [3.8, 4) is 0 Å². The summed E-state index contributed by atoms with van der Waals surface area (Å²) in [5.41, 5.74) is 2.64. The lowest BCUT2D eigenvalue weighted by Gasteiger charge is -2.10. The first kappa shape index (κ1) is 26.9. The minimum absolute atomic E-state index is 0.0929. The third-order valence-corrected chi connectivity index (χ3v) is 6.79. The van der Waals surface area contributed by atoms with Gasteiger partial charge in [-0.05, 0) is 56.2 Å². The van der Waals surface area contributed by atoms with Gasteiger partial charge in [-0.2, -0.15) is 0 Å². The van der Waals surface area contributed by atoms with Gasteiger partial charge in [-0.25, -0.2) is 4.79 Å². The minimum atomic E-state index is -0.683. The number of benzene rings is 2. The number of carbonyl (C=O) groups is 4. The summed E-state index contributed by atoms with van der Waals surface area (Å²) in [5, 5.41) is 8.65. The van der Waals surface area contributed by atoms with E-state index in [0.29, 0.717) is 29.8 Å². The largest absolute Gasteiger partial charge is 0.465 e. The molecule has 0 radical (unpaired) electrons. The average molecular weight is 528 g/mol. The van der Waals surface area contributed by atoms with E-state index in [1.54, 1.807) is 19.1 Å². The number of anilines is 3. The highest BCUT2D eigenvalue weighted by molar-refractivity contribution is 7.19. The lowest BCUT2D eigenvalue weighted by Crippen LogP contribution is -2.16. The molecule has 0 unspecified atom stereocenters. The van der Waals surface area contributed by atoms with Gasteiger partial charge in [-0.1, -0.05) is 36.2 Å². The number of halogens is 1. The number of carbonyl (C=O) groups excluding carboxylic acids is 4. The molecule has 0 saturated carbocycles. The topological polar surface area (TPSA) is 114 Å². The van der Waals surface area contributed by atoms with E-state index in [1.165, 1.54) is 25.3 Å². The van der Waals surface area contributed by atoms with Gasteiger partial charge in [0, 0.05) is 17.7 Å². The van der Waals surface area contributed by atoms with Crippen molar-refractivity contribution < 1.29 is 23.9 Å². The molecule has 8 nitrogen and oxygen atoms in total. The molecule has 2 aromatic carbocycles. The summed E-state index contributed by atoms with van der Waals surface area (Å²) < 4.78 is 4.89. The van der Waals surface area contributed by atoms with E-state index in [9.17, 15) is 19.2 Å². The number of aryl methyl sites for hydroxylation is 1. The van der Waals surface area contributed by atoms with E-state index in [1.807, 2.05) is 26.0 Å². The monoisotopic (exact) mass is 527 g/mol. The third kappa shape index (κ3) is 6.30. The Hall–Kier alpha value is -3.69. The molecule has 36 heavy (non-hydrogen) atoms. The molecule has 0 saturated heterocycles. The van der Waals surface area contributed by atoms with Crippen LogP contribution in [0.25, 0.3) is 0 Å². The molecule has 3 amide bonds. The number of rotatable bonds is 8. The van der Waals surface area contributed by atoms with Crippen LogP contribution in [0.2, 0.25) is 5.02 Å². The molecule has 0 fully saturated rings. The van der Waals surface area contributed by atoms with Crippen molar-refractivity contribution >= 4 is 63.0 Å². The fraction of sp³-hybridized carbons (Fsp3) is 0.231. The lowest BCUT2D eigenvalue weighted by molar-refractivity contribution is -0.116. The molecule has 3 aromatic rings. The predicted octanol–water partition coefficient (Wildman–Crippen LogP) is 6.05. The van der Waals surface area contributed by atoms with E-state index in [2.05, 4.69) is 16.0 Å². The number of esters is 1. The Labute approximate surface area is 218 Å². The van der Waals surface area contributed by atoms with E-state index in [4.69, 9.17) is 16.3 Å². The van der Waals surface area contributed by atoms with Gasteiger partial charge in [0.05, 0.1) is 28.3 Å². The Morgan fingerprint density at radius 3 is 2.28 bits per heavy atom. The van der Waals surface area contributed by atoms with Crippen molar-refractivity contribution in [3.05, 3.63) is 74.6 Å². The van der Waals surface area contributed by atoms with Crippen molar-refractivity contribution in [3.63, 3.8) is 0 Å². The molecule has 0 atom stereocenters. The first-order valence-corrected chi connectivity index (χ1v) is 12.3. The second-order valence-corrected chi connectivity index (χ2v) is 9.45. The van der Waals surface area contributed by atoms with E-state index in [-0.39, 0.29) is 31.9 Å². The molecule has 0 aliphatic carbocycles. The number of ether oxygens (including phenoxy) is 1. The fourth-order valence-electron chi connectivity index (χ4n) is 3.37. The molecule has 3 rings (SSSR count). The number of amides is 3. The quantitative estimate of drug-likeness (QED) is 0.309. The molecule has 0 aliphatic heterocycles. The van der Waals surface area contributed by atoms with Gasteiger partial charge in [0.15, 0.2) is 0 Å². The summed E-state index contributed by atoms with van der Waals surface area (Å²) in [6, 6.07) is 11.7. The zero-order chi connectivity index (χ0) is 26.4. The maximum atomic E-state index is 13.1. The van der Waals surface area contributed by atoms with Crippen LogP contribution in [0, 0.1) is 13.8 Å². The second kappa shape index (κ2) is 11.8. The van der Waals surface area contributed by atoms with Crippen molar-refractivity contribution in [2.45, 2.75) is 33.6 Å². The lowest BCUT2D eigenvalue weighted by atomic mass is 10.1. The Balaban J connectivity index is 1.89. The maximum Gasteiger partial charge on any atom is 0.341 e. The fourth-order valence-corrected chi connectivity index (χ4v) is 4.62. The highest BCUT2D eigenvalue weighted by atomic mass is 35.5. The summed E-state index contributed by atoms with van der Waals surface area (Å²) in [6.07, 6.45) is 0.981. The highest BCUT2D eigenvalue weighted by Crippen LogP contribution is 2.35. The number of hydrogen-bond acceptors (Lipinski definition) is 6. The van der Waals surface area contributed by atoms with Crippen molar-refractivity contribution in [1.82, 2.24) is 0 Å². The summed E-state index contributed by atoms with van der Waals surface area (Å²) in [7, 11) is 1.22. The molecular formula is C26H26ClN3O5S. The van der Waals surface area contributed by atoms with Crippen LogP contribution >= 0.6 is 22.9 Å². The molecule has 3 N–H and O–H groups in total. The Kier molecular flexibility index (Phi) is 8.84. The molecule has 1 aromatic heterocycles. The summed E-state index contributed by atoms with van der Waals surface area (Å²) >= 11 is 7.14. The van der Waals surface area contributed by atoms with Gasteiger partial charge in [-0.15, -0.1) is 11.3 Å². The summed E-state index contributed by atoms with van der Waals surface area (Å²) in [5.74, 6) is -1.87. The number of thiophene rings is 1. The molecule has 0 bridgehead atoms. The number of methoxy groups -OCH3 is 1. The zero-order valence-electron chi connectivity index (χ0n) is 20.3. The van der Waals surface area contributed by atoms with Gasteiger partial charge in [-0.3, -0.25) is 14.4 Å². The molecule has 188 valence electrons. The van der Waals surface area contributed by atoms with Crippen LogP contribution in [0.3, 0.4) is 0 Å². The van der Waals surface area contributed by atoms with Crippen molar-refractivity contribution in [1.29, 1.82) is 0 Å². The van der Waals surface area contributed by atoms with Gasteiger partial charge in [0.2, 0.25) is 5.91 Å². The molecule has 0 aliphatic rings. The van der Waals surface area contributed by atoms with Gasteiger partial charge < -0.3 is 20.7 Å². The van der Waals surface area contributed by atoms with E-state index < -0.39 is 17.8 Å². The Morgan fingerprint density at radius 1 is 0.944 bits per heavy atom. The van der Waals surface area contributed by atoms with E-state index in [0.717, 1.165) is 16.9 Å². The molecule has 1 heterocycles. The van der Waals surface area contributed by atoms with Crippen LogP contribution in [-0.2, 0) is 9.53 Å². The minimum Gasteiger partial charge on any atom is -0.465 e. The molecule has 10 heteroatoms. The normalized spacial score (nSPS) is 10.5. The van der Waals surface area contributed by atoms with Gasteiger partial charge in [0.25, 0.3) is 11.8 Å². The van der Waals surface area contributed by atoms with Crippen LogP contribution in [0.15, 0.2) is 42.5 Å². The van der Waals surface area contributed by atoms with Gasteiger partial charge in [0.1, 0.15) is 5.00 Å². The smallest absolute Gasteiger partial charge is 0.341 e. The first-order valence-electron chi connectivity index (χ1n) is 11.1. The van der Waals surface area contributed by atoms with Gasteiger partial charge >= 0.3 is 5.97 Å².